The third-order valence-corrected chi connectivity index (χ3v) is 4.07. The lowest BCUT2D eigenvalue weighted by atomic mass is 9.67. The molecule has 0 atom stereocenters. The van der Waals surface area contributed by atoms with Crippen LogP contribution in [0.3, 0.4) is 0 Å². The summed E-state index contributed by atoms with van der Waals surface area (Å²) in [5.41, 5.74) is 0.509. The van der Waals surface area contributed by atoms with Crippen molar-refractivity contribution >= 4 is 0 Å². The molecule has 0 amide bonds. The molecule has 2 aliphatic rings. The smallest absolute Gasteiger partial charge is 0.0269 e. The molecule has 2 rings (SSSR count). The minimum absolute atomic E-state index is 0.509. The van der Waals surface area contributed by atoms with E-state index in [4.69, 9.17) is 0 Å². The molecule has 0 N–H and O–H groups in total. The average molecular weight is 165 g/mol. The van der Waals surface area contributed by atoms with Gasteiger partial charge in [-0.3, -0.25) is 0 Å². The van der Waals surface area contributed by atoms with Crippen LogP contribution in [-0.4, -0.2) is 0 Å². The van der Waals surface area contributed by atoms with Crippen molar-refractivity contribution in [3.8, 4) is 0 Å². The van der Waals surface area contributed by atoms with Crippen LogP contribution in [0.2, 0.25) is 0 Å². The summed E-state index contributed by atoms with van der Waals surface area (Å²) in [7, 11) is 0. The minimum Gasteiger partial charge on any atom is -0.0533 e. The maximum Gasteiger partial charge on any atom is -0.0269 e. The molecule has 1 radical (unpaired) electrons. The first kappa shape index (κ1) is 8.59. The van der Waals surface area contributed by atoms with Crippen LogP contribution in [0.1, 0.15) is 57.8 Å². The van der Waals surface area contributed by atoms with Crippen LogP contribution in [0.4, 0.5) is 0 Å². The van der Waals surface area contributed by atoms with Gasteiger partial charge in [0.05, 0.1) is 0 Å². The lowest BCUT2D eigenvalue weighted by Crippen LogP contribution is -2.28. The Hall–Kier alpha value is 0. The van der Waals surface area contributed by atoms with Gasteiger partial charge in [0.25, 0.3) is 0 Å². The second kappa shape index (κ2) is 3.40. The van der Waals surface area contributed by atoms with Gasteiger partial charge in [0.1, 0.15) is 0 Å². The van der Waals surface area contributed by atoms with E-state index in [1.807, 2.05) is 0 Å². The molecule has 0 saturated heterocycles. The first-order valence-electron chi connectivity index (χ1n) is 5.67. The summed E-state index contributed by atoms with van der Waals surface area (Å²) in [5.74, 6) is 0.984. The predicted molar refractivity (Wildman–Crippen MR) is 52.8 cm³/mol. The monoisotopic (exact) mass is 165 g/mol. The summed E-state index contributed by atoms with van der Waals surface area (Å²) in [6, 6.07) is 0. The highest BCUT2D eigenvalue weighted by Crippen LogP contribution is 2.48. The Morgan fingerprint density at radius 3 is 2.00 bits per heavy atom. The molecule has 2 fully saturated rings. The fourth-order valence-corrected chi connectivity index (χ4v) is 3.20. The molecular formula is C12H21. The SMILES string of the molecule is [CH2]C1(C2CCCC2)CCCCC1. The zero-order valence-electron chi connectivity index (χ0n) is 8.15. The highest BCUT2D eigenvalue weighted by Gasteiger charge is 2.36. The van der Waals surface area contributed by atoms with Crippen LogP contribution < -0.4 is 0 Å². The van der Waals surface area contributed by atoms with Gasteiger partial charge in [0, 0.05) is 0 Å². The van der Waals surface area contributed by atoms with E-state index in [1.54, 1.807) is 0 Å². The second-order valence-corrected chi connectivity index (χ2v) is 4.90. The van der Waals surface area contributed by atoms with Gasteiger partial charge in [-0.25, -0.2) is 0 Å². The van der Waals surface area contributed by atoms with Crippen LogP contribution in [0.25, 0.3) is 0 Å². The van der Waals surface area contributed by atoms with E-state index in [0.29, 0.717) is 5.41 Å². The molecule has 2 aliphatic carbocycles. The molecule has 0 aromatic heterocycles. The van der Waals surface area contributed by atoms with Crippen molar-refractivity contribution in [2.45, 2.75) is 57.8 Å². The molecule has 0 aromatic rings. The van der Waals surface area contributed by atoms with Crippen molar-refractivity contribution in [3.05, 3.63) is 6.92 Å². The van der Waals surface area contributed by atoms with E-state index in [9.17, 15) is 0 Å². The molecule has 12 heavy (non-hydrogen) atoms. The third-order valence-electron chi connectivity index (χ3n) is 4.07. The van der Waals surface area contributed by atoms with Crippen LogP contribution in [0.5, 0.6) is 0 Å². The highest BCUT2D eigenvalue weighted by atomic mass is 14.4. The molecule has 0 aliphatic heterocycles. The van der Waals surface area contributed by atoms with Gasteiger partial charge in [-0.15, -0.1) is 0 Å². The van der Waals surface area contributed by atoms with E-state index < -0.39 is 0 Å². The summed E-state index contributed by atoms with van der Waals surface area (Å²) in [5, 5.41) is 0. The predicted octanol–water partition coefficient (Wildman–Crippen LogP) is 3.96. The maximum absolute atomic E-state index is 4.51. The summed E-state index contributed by atoms with van der Waals surface area (Å²) in [4.78, 5) is 0. The molecule has 0 unspecified atom stereocenters. The topological polar surface area (TPSA) is 0 Å². The Morgan fingerprint density at radius 1 is 0.833 bits per heavy atom. The Balaban J connectivity index is 1.97. The molecule has 69 valence electrons. The van der Waals surface area contributed by atoms with E-state index in [2.05, 4.69) is 6.92 Å². The molecule has 0 nitrogen and oxygen atoms in total. The fourth-order valence-electron chi connectivity index (χ4n) is 3.20. The third kappa shape index (κ3) is 1.53. The number of hydrogen-bond donors (Lipinski definition) is 0. The van der Waals surface area contributed by atoms with Crippen molar-refractivity contribution in [1.29, 1.82) is 0 Å². The second-order valence-electron chi connectivity index (χ2n) is 4.90. The molecule has 2 saturated carbocycles. The Kier molecular flexibility index (Phi) is 2.43. The Labute approximate surface area is 76.7 Å². The van der Waals surface area contributed by atoms with E-state index in [0.717, 1.165) is 5.92 Å². The number of rotatable bonds is 1. The zero-order valence-corrected chi connectivity index (χ0v) is 8.15. The van der Waals surface area contributed by atoms with E-state index >= 15 is 0 Å². The van der Waals surface area contributed by atoms with Gasteiger partial charge < -0.3 is 0 Å². The molecule has 0 heterocycles. The molecule has 0 aromatic carbocycles. The van der Waals surface area contributed by atoms with Gasteiger partial charge >= 0.3 is 0 Å². The minimum atomic E-state index is 0.509. The van der Waals surface area contributed by atoms with Crippen molar-refractivity contribution in [3.63, 3.8) is 0 Å². The van der Waals surface area contributed by atoms with E-state index in [-0.39, 0.29) is 0 Å². The van der Waals surface area contributed by atoms with Crippen molar-refractivity contribution in [1.82, 2.24) is 0 Å². The fraction of sp³-hybridized carbons (Fsp3) is 0.917. The van der Waals surface area contributed by atoms with E-state index in [1.165, 1.54) is 57.8 Å². The molecule has 0 bridgehead atoms. The van der Waals surface area contributed by atoms with Crippen LogP contribution in [0, 0.1) is 18.3 Å². The van der Waals surface area contributed by atoms with Crippen molar-refractivity contribution in [2.24, 2.45) is 11.3 Å². The van der Waals surface area contributed by atoms with Crippen molar-refractivity contribution < 1.29 is 0 Å². The summed E-state index contributed by atoms with van der Waals surface area (Å²) in [6.45, 7) is 4.51. The van der Waals surface area contributed by atoms with Crippen LogP contribution >= 0.6 is 0 Å². The zero-order chi connectivity index (χ0) is 8.44. The Bertz CT molecular complexity index is 136. The first-order chi connectivity index (χ1) is 5.81. The normalized spacial score (nSPS) is 30.8. The van der Waals surface area contributed by atoms with Crippen molar-refractivity contribution in [2.75, 3.05) is 0 Å². The largest absolute Gasteiger partial charge is 0.0533 e. The van der Waals surface area contributed by atoms with Gasteiger partial charge in [0.15, 0.2) is 0 Å². The van der Waals surface area contributed by atoms with Crippen LogP contribution in [-0.2, 0) is 0 Å². The quantitative estimate of drug-likeness (QED) is 0.551. The molecule has 0 spiro atoms. The lowest BCUT2D eigenvalue weighted by molar-refractivity contribution is 0.155. The highest BCUT2D eigenvalue weighted by molar-refractivity contribution is 4.92. The molecule has 0 heteroatoms. The van der Waals surface area contributed by atoms with Gasteiger partial charge in [-0.05, 0) is 43.9 Å². The Morgan fingerprint density at radius 2 is 1.42 bits per heavy atom. The summed E-state index contributed by atoms with van der Waals surface area (Å²) in [6.07, 6.45) is 13.1. The van der Waals surface area contributed by atoms with Crippen LogP contribution in [0.15, 0.2) is 0 Å². The standard InChI is InChI=1S/C12H21/c1-12(9-5-2-6-10-12)11-7-3-4-8-11/h11H,1-10H2. The lowest BCUT2D eigenvalue weighted by Gasteiger charge is -2.39. The maximum atomic E-state index is 4.51. The first-order valence-corrected chi connectivity index (χ1v) is 5.67. The van der Waals surface area contributed by atoms with Gasteiger partial charge in [-0.1, -0.05) is 32.1 Å². The van der Waals surface area contributed by atoms with Gasteiger partial charge in [0.2, 0.25) is 0 Å². The number of hydrogen-bond acceptors (Lipinski definition) is 0. The summed E-state index contributed by atoms with van der Waals surface area (Å²) >= 11 is 0. The molecular weight excluding hydrogens is 144 g/mol. The van der Waals surface area contributed by atoms with Gasteiger partial charge in [-0.2, -0.15) is 0 Å². The average Bonchev–Trinajstić information content (AvgIpc) is 2.58. The summed E-state index contributed by atoms with van der Waals surface area (Å²) < 4.78 is 0.